The minimum atomic E-state index is -0.0682. The van der Waals surface area contributed by atoms with Crippen molar-refractivity contribution < 1.29 is 4.39 Å². The molecule has 1 aliphatic heterocycles. The maximum absolute atomic E-state index is 14.2. The smallest absolute Gasteiger partial charge is 0.140 e. The van der Waals surface area contributed by atoms with E-state index in [-0.39, 0.29) is 5.82 Å². The fourth-order valence-corrected chi connectivity index (χ4v) is 2.89. The van der Waals surface area contributed by atoms with Crippen LogP contribution in [0.3, 0.4) is 0 Å². The normalized spacial score (nSPS) is 17.7. The van der Waals surface area contributed by atoms with E-state index < -0.39 is 0 Å². The highest BCUT2D eigenvalue weighted by Gasteiger charge is 2.21. The standard InChI is InChI=1S/C14H19BrFN/c1-9(2)11-7-12(14(16)13(15)8-11)10-3-5-17-6-4-10/h7-10,17H,3-6H2,1-2H3. The van der Waals surface area contributed by atoms with Crippen molar-refractivity contribution in [3.63, 3.8) is 0 Å². The number of nitrogens with one attached hydrogen (secondary N) is 1. The summed E-state index contributed by atoms with van der Waals surface area (Å²) in [5.74, 6) is 0.736. The molecular weight excluding hydrogens is 281 g/mol. The molecule has 0 amide bonds. The number of piperidine rings is 1. The van der Waals surface area contributed by atoms with Gasteiger partial charge >= 0.3 is 0 Å². The molecule has 0 bridgehead atoms. The second-order valence-electron chi connectivity index (χ2n) is 5.08. The Morgan fingerprint density at radius 3 is 2.53 bits per heavy atom. The van der Waals surface area contributed by atoms with Crippen molar-refractivity contribution in [2.45, 2.75) is 38.5 Å². The Balaban J connectivity index is 2.36. The highest BCUT2D eigenvalue weighted by molar-refractivity contribution is 9.10. The van der Waals surface area contributed by atoms with Gasteiger partial charge in [0.2, 0.25) is 0 Å². The van der Waals surface area contributed by atoms with E-state index in [4.69, 9.17) is 0 Å². The van der Waals surface area contributed by atoms with Crippen molar-refractivity contribution in [3.05, 3.63) is 33.5 Å². The lowest BCUT2D eigenvalue weighted by molar-refractivity contribution is 0.443. The van der Waals surface area contributed by atoms with Crippen LogP contribution in [0.5, 0.6) is 0 Å². The fraction of sp³-hybridized carbons (Fsp3) is 0.571. The largest absolute Gasteiger partial charge is 0.317 e. The molecule has 0 aromatic heterocycles. The molecule has 0 aliphatic carbocycles. The molecule has 1 N–H and O–H groups in total. The van der Waals surface area contributed by atoms with Gasteiger partial charge in [0.05, 0.1) is 4.47 Å². The summed E-state index contributed by atoms with van der Waals surface area (Å²) in [5, 5.41) is 3.32. The van der Waals surface area contributed by atoms with Gasteiger partial charge in [-0.15, -0.1) is 0 Å². The van der Waals surface area contributed by atoms with Crippen LogP contribution in [0.4, 0.5) is 4.39 Å². The highest BCUT2D eigenvalue weighted by Crippen LogP contribution is 2.33. The van der Waals surface area contributed by atoms with E-state index in [9.17, 15) is 4.39 Å². The molecule has 1 saturated heterocycles. The van der Waals surface area contributed by atoms with E-state index in [2.05, 4.69) is 41.2 Å². The predicted molar refractivity (Wildman–Crippen MR) is 73.0 cm³/mol. The van der Waals surface area contributed by atoms with Gasteiger partial charge in [-0.3, -0.25) is 0 Å². The topological polar surface area (TPSA) is 12.0 Å². The van der Waals surface area contributed by atoms with Gasteiger partial charge in [-0.25, -0.2) is 4.39 Å². The molecule has 94 valence electrons. The zero-order chi connectivity index (χ0) is 12.4. The summed E-state index contributed by atoms with van der Waals surface area (Å²) < 4.78 is 14.8. The second-order valence-corrected chi connectivity index (χ2v) is 5.94. The number of halogens is 2. The quantitative estimate of drug-likeness (QED) is 0.864. The minimum Gasteiger partial charge on any atom is -0.317 e. The van der Waals surface area contributed by atoms with Crippen LogP contribution in [0.15, 0.2) is 16.6 Å². The van der Waals surface area contributed by atoms with Gasteiger partial charge in [-0.05, 0) is 70.9 Å². The van der Waals surface area contributed by atoms with Gasteiger partial charge < -0.3 is 5.32 Å². The Labute approximate surface area is 111 Å². The molecule has 0 unspecified atom stereocenters. The summed E-state index contributed by atoms with van der Waals surface area (Å²) >= 11 is 3.34. The first-order valence-corrected chi connectivity index (χ1v) is 7.08. The molecule has 3 heteroatoms. The van der Waals surface area contributed by atoms with Crippen molar-refractivity contribution in [2.24, 2.45) is 0 Å². The number of rotatable bonds is 2. The first-order chi connectivity index (χ1) is 8.09. The van der Waals surface area contributed by atoms with Crippen LogP contribution >= 0.6 is 15.9 Å². The highest BCUT2D eigenvalue weighted by atomic mass is 79.9. The molecule has 17 heavy (non-hydrogen) atoms. The third-order valence-electron chi connectivity index (χ3n) is 3.52. The van der Waals surface area contributed by atoms with E-state index in [1.807, 2.05) is 6.07 Å². The van der Waals surface area contributed by atoms with Crippen LogP contribution in [0, 0.1) is 5.82 Å². The van der Waals surface area contributed by atoms with E-state index in [1.165, 1.54) is 5.56 Å². The average molecular weight is 300 g/mol. The SMILES string of the molecule is CC(C)c1cc(Br)c(F)c(C2CCNCC2)c1. The van der Waals surface area contributed by atoms with Gasteiger partial charge in [0.15, 0.2) is 0 Å². The van der Waals surface area contributed by atoms with Crippen molar-refractivity contribution in [2.75, 3.05) is 13.1 Å². The van der Waals surface area contributed by atoms with E-state index in [1.54, 1.807) is 0 Å². The van der Waals surface area contributed by atoms with Gasteiger partial charge in [0.1, 0.15) is 5.82 Å². The second kappa shape index (κ2) is 5.49. The average Bonchev–Trinajstić information content (AvgIpc) is 2.33. The number of hydrogen-bond donors (Lipinski definition) is 1. The Morgan fingerprint density at radius 1 is 1.29 bits per heavy atom. The zero-order valence-corrected chi connectivity index (χ0v) is 12.0. The lowest BCUT2D eigenvalue weighted by Crippen LogP contribution is -2.27. The Kier molecular flexibility index (Phi) is 4.21. The molecule has 2 rings (SSSR count). The molecule has 1 aromatic carbocycles. The summed E-state index contributed by atoms with van der Waals surface area (Å²) in [7, 11) is 0. The Bertz CT molecular complexity index is 397. The van der Waals surface area contributed by atoms with E-state index in [0.717, 1.165) is 31.5 Å². The summed E-state index contributed by atoms with van der Waals surface area (Å²) in [6, 6.07) is 3.96. The molecule has 0 saturated carbocycles. The van der Waals surface area contributed by atoms with E-state index in [0.29, 0.717) is 16.3 Å². The third-order valence-corrected chi connectivity index (χ3v) is 4.10. The summed E-state index contributed by atoms with van der Waals surface area (Å²) in [5.41, 5.74) is 2.11. The van der Waals surface area contributed by atoms with Gasteiger partial charge in [0, 0.05) is 0 Å². The van der Waals surface area contributed by atoms with Crippen LogP contribution in [0.25, 0.3) is 0 Å². The van der Waals surface area contributed by atoms with E-state index >= 15 is 0 Å². The first-order valence-electron chi connectivity index (χ1n) is 6.29. The van der Waals surface area contributed by atoms with Crippen molar-refractivity contribution >= 4 is 15.9 Å². The monoisotopic (exact) mass is 299 g/mol. The third kappa shape index (κ3) is 2.89. The maximum Gasteiger partial charge on any atom is 0.140 e. The Morgan fingerprint density at radius 2 is 1.94 bits per heavy atom. The minimum absolute atomic E-state index is 0.0682. The maximum atomic E-state index is 14.2. The molecular formula is C14H19BrFN. The van der Waals surface area contributed by atoms with Crippen molar-refractivity contribution in [3.8, 4) is 0 Å². The summed E-state index contributed by atoms with van der Waals surface area (Å²) in [6.07, 6.45) is 2.07. The first kappa shape index (κ1) is 13.0. The number of benzene rings is 1. The lowest BCUT2D eigenvalue weighted by atomic mass is 9.87. The van der Waals surface area contributed by atoms with Crippen LogP contribution in [-0.2, 0) is 0 Å². The van der Waals surface area contributed by atoms with Crippen molar-refractivity contribution in [1.29, 1.82) is 0 Å². The molecule has 1 heterocycles. The van der Waals surface area contributed by atoms with Gasteiger partial charge in [-0.2, -0.15) is 0 Å². The van der Waals surface area contributed by atoms with Crippen LogP contribution < -0.4 is 5.32 Å². The zero-order valence-electron chi connectivity index (χ0n) is 10.4. The lowest BCUT2D eigenvalue weighted by Gasteiger charge is -2.24. The van der Waals surface area contributed by atoms with Crippen LogP contribution in [0.2, 0.25) is 0 Å². The number of hydrogen-bond acceptors (Lipinski definition) is 1. The predicted octanol–water partition coefficient (Wildman–Crippen LogP) is 4.18. The molecule has 1 aliphatic rings. The van der Waals surface area contributed by atoms with Crippen LogP contribution in [0.1, 0.15) is 49.7 Å². The van der Waals surface area contributed by atoms with Crippen LogP contribution in [-0.4, -0.2) is 13.1 Å². The molecule has 1 nitrogen and oxygen atoms in total. The molecule has 0 radical (unpaired) electrons. The van der Waals surface area contributed by atoms with Crippen molar-refractivity contribution in [1.82, 2.24) is 5.32 Å². The fourth-order valence-electron chi connectivity index (χ4n) is 2.40. The molecule has 0 spiro atoms. The summed E-state index contributed by atoms with van der Waals surface area (Å²) in [4.78, 5) is 0. The molecule has 1 fully saturated rings. The Hall–Kier alpha value is -0.410. The van der Waals surface area contributed by atoms with Gasteiger partial charge in [0.25, 0.3) is 0 Å². The molecule has 0 atom stereocenters. The van der Waals surface area contributed by atoms with Gasteiger partial charge in [-0.1, -0.05) is 19.9 Å². The molecule has 1 aromatic rings. The summed E-state index contributed by atoms with van der Waals surface area (Å²) in [6.45, 7) is 6.28.